The first-order chi connectivity index (χ1) is 10.8. The van der Waals surface area contributed by atoms with Crippen LogP contribution in [0.5, 0.6) is 0 Å². The Labute approximate surface area is 139 Å². The summed E-state index contributed by atoms with van der Waals surface area (Å²) in [6.07, 6.45) is 0. The molecule has 0 aliphatic carbocycles. The van der Waals surface area contributed by atoms with Crippen molar-refractivity contribution in [1.29, 1.82) is 0 Å². The Hall–Kier alpha value is -0.337. The fourth-order valence-electron chi connectivity index (χ4n) is 1.85. The molecule has 0 radical (unpaired) electrons. The molecule has 0 fully saturated rings. The molecule has 0 saturated heterocycles. The molecule has 0 aliphatic rings. The third-order valence-corrected chi connectivity index (χ3v) is 8.89. The summed E-state index contributed by atoms with van der Waals surface area (Å²) in [5, 5.41) is 0. The van der Waals surface area contributed by atoms with Crippen LogP contribution >= 0.6 is 0 Å². The van der Waals surface area contributed by atoms with Gasteiger partial charge in [0.2, 0.25) is 0 Å². The van der Waals surface area contributed by atoms with Gasteiger partial charge in [-0.05, 0) is 0 Å². The summed E-state index contributed by atoms with van der Waals surface area (Å²) in [4.78, 5) is 0. The van der Waals surface area contributed by atoms with E-state index in [4.69, 9.17) is 11.3 Å². The second kappa shape index (κ2) is 9.23. The standard InChI is InChI=1S/C8H5F4O.3C2H5O.Zr/c1-3-5(9)7(11)4(2-13)8(12)6(3)10;3*1-2-3;/h2H2,1H3;3*2H2,1H3;/q4*-1;+4. The summed E-state index contributed by atoms with van der Waals surface area (Å²) in [5.74, 6) is -5.89. The molecule has 0 heterocycles. The van der Waals surface area contributed by atoms with E-state index in [1.807, 2.05) is 0 Å². The number of rotatable bonds is 9. The van der Waals surface area contributed by atoms with Gasteiger partial charge in [-0.25, -0.2) is 0 Å². The number of hydrogen-bond acceptors (Lipinski definition) is 4. The van der Waals surface area contributed by atoms with Crippen LogP contribution in [0.4, 0.5) is 17.6 Å². The molecule has 9 heteroatoms. The van der Waals surface area contributed by atoms with E-state index in [0.717, 1.165) is 6.92 Å². The number of benzene rings is 1. The van der Waals surface area contributed by atoms with Crippen LogP contribution in [0, 0.1) is 30.2 Å². The summed E-state index contributed by atoms with van der Waals surface area (Å²) < 4.78 is 76.5. The summed E-state index contributed by atoms with van der Waals surface area (Å²) in [6, 6.07) is 0. The molecule has 0 amide bonds. The minimum absolute atomic E-state index is 0.206. The predicted octanol–water partition coefficient (Wildman–Crippen LogP) is 3.99. The first-order valence-electron chi connectivity index (χ1n) is 7.20. The average molecular weight is 420 g/mol. The Morgan fingerprint density at radius 2 is 1.09 bits per heavy atom. The van der Waals surface area contributed by atoms with E-state index in [-0.39, 0.29) is 19.8 Å². The van der Waals surface area contributed by atoms with Crippen LogP contribution in [0.3, 0.4) is 0 Å². The molecule has 1 rings (SSSR count). The maximum absolute atomic E-state index is 13.9. The van der Waals surface area contributed by atoms with Crippen molar-refractivity contribution >= 4 is 0 Å². The molecule has 0 aromatic heterocycles. The van der Waals surface area contributed by atoms with Gasteiger partial charge in [0.25, 0.3) is 0 Å². The molecule has 0 atom stereocenters. The zero-order chi connectivity index (χ0) is 17.6. The zero-order valence-corrected chi connectivity index (χ0v) is 15.9. The maximum atomic E-state index is 13.9. The van der Waals surface area contributed by atoms with Gasteiger partial charge in [-0.1, -0.05) is 0 Å². The third kappa shape index (κ3) is 4.83. The van der Waals surface area contributed by atoms with Crippen LogP contribution < -0.4 is 0 Å². The van der Waals surface area contributed by atoms with Crippen molar-refractivity contribution < 1.29 is 50.8 Å². The van der Waals surface area contributed by atoms with Gasteiger partial charge < -0.3 is 0 Å². The molecule has 0 unspecified atom stereocenters. The average Bonchev–Trinajstić information content (AvgIpc) is 2.52. The SMILES string of the molecule is CC[O][Zr]([O]CC)([O]CC)[O]Cc1c(F)c(F)c(C)c(F)c1F. The molecule has 4 nitrogen and oxygen atoms in total. The van der Waals surface area contributed by atoms with Gasteiger partial charge in [0.15, 0.2) is 0 Å². The molecule has 0 aliphatic heterocycles. The van der Waals surface area contributed by atoms with Crippen molar-refractivity contribution in [2.24, 2.45) is 0 Å². The van der Waals surface area contributed by atoms with Gasteiger partial charge in [0, 0.05) is 0 Å². The molecule has 0 spiro atoms. The summed E-state index contributed by atoms with van der Waals surface area (Å²) in [7, 11) is 0. The normalized spacial score (nSPS) is 12.0. The van der Waals surface area contributed by atoms with Gasteiger partial charge in [-0.2, -0.15) is 0 Å². The molecule has 0 bridgehead atoms. The van der Waals surface area contributed by atoms with E-state index in [2.05, 4.69) is 0 Å². The van der Waals surface area contributed by atoms with Crippen molar-refractivity contribution in [3.05, 3.63) is 34.4 Å². The van der Waals surface area contributed by atoms with Gasteiger partial charge in [-0.15, -0.1) is 0 Å². The Balaban J connectivity index is 3.11. The van der Waals surface area contributed by atoms with Crippen molar-refractivity contribution in [3.63, 3.8) is 0 Å². The predicted molar refractivity (Wildman–Crippen MR) is 70.7 cm³/mol. The topological polar surface area (TPSA) is 36.9 Å². The zero-order valence-electron chi connectivity index (χ0n) is 13.5. The van der Waals surface area contributed by atoms with Crippen molar-refractivity contribution in [3.8, 4) is 0 Å². The van der Waals surface area contributed by atoms with Crippen LogP contribution in [-0.2, 0) is 39.9 Å². The third-order valence-electron chi connectivity index (χ3n) is 2.93. The second-order valence-corrected chi connectivity index (χ2v) is 9.74. The minimum atomic E-state index is -4.49. The summed E-state index contributed by atoms with van der Waals surface area (Å²) >= 11 is -4.49. The van der Waals surface area contributed by atoms with E-state index >= 15 is 0 Å². The Kier molecular flexibility index (Phi) is 8.31. The summed E-state index contributed by atoms with van der Waals surface area (Å²) in [5.41, 5.74) is -1.58. The Morgan fingerprint density at radius 1 is 0.696 bits per heavy atom. The fourth-order valence-corrected chi connectivity index (χ4v) is 6.48. The van der Waals surface area contributed by atoms with E-state index < -0.39 is 63.0 Å². The van der Waals surface area contributed by atoms with Gasteiger partial charge >= 0.3 is 139 Å². The Bertz CT molecular complexity index is 496. The molecular formula is C14H20F4O4Zr. The fraction of sp³-hybridized carbons (Fsp3) is 0.571. The quantitative estimate of drug-likeness (QED) is 0.448. The second-order valence-electron chi connectivity index (χ2n) is 4.45. The van der Waals surface area contributed by atoms with Crippen molar-refractivity contribution in [1.82, 2.24) is 0 Å². The monoisotopic (exact) mass is 418 g/mol. The van der Waals surface area contributed by atoms with Crippen molar-refractivity contribution in [2.45, 2.75) is 34.3 Å². The molecule has 1 aromatic carbocycles. The van der Waals surface area contributed by atoms with Crippen LogP contribution in [0.15, 0.2) is 0 Å². The van der Waals surface area contributed by atoms with E-state index in [0.29, 0.717) is 0 Å². The first-order valence-corrected chi connectivity index (χ1v) is 11.2. The van der Waals surface area contributed by atoms with Crippen LogP contribution in [0.2, 0.25) is 0 Å². The number of halogens is 4. The van der Waals surface area contributed by atoms with Crippen molar-refractivity contribution in [2.75, 3.05) is 19.8 Å². The molecular weight excluding hydrogens is 399 g/mol. The molecule has 23 heavy (non-hydrogen) atoms. The molecule has 132 valence electrons. The van der Waals surface area contributed by atoms with Crippen LogP contribution in [0.25, 0.3) is 0 Å². The van der Waals surface area contributed by atoms with Gasteiger partial charge in [-0.3, -0.25) is 0 Å². The van der Waals surface area contributed by atoms with E-state index in [9.17, 15) is 17.6 Å². The van der Waals surface area contributed by atoms with Gasteiger partial charge in [0.1, 0.15) is 0 Å². The first kappa shape index (κ1) is 20.7. The van der Waals surface area contributed by atoms with Gasteiger partial charge in [0.05, 0.1) is 0 Å². The molecule has 0 N–H and O–H groups in total. The number of hydrogen-bond donors (Lipinski definition) is 0. The molecule has 1 aromatic rings. The molecule has 0 saturated carbocycles. The Morgan fingerprint density at radius 3 is 1.43 bits per heavy atom. The van der Waals surface area contributed by atoms with E-state index in [1.165, 1.54) is 0 Å². The van der Waals surface area contributed by atoms with Crippen LogP contribution in [-0.4, -0.2) is 19.8 Å². The van der Waals surface area contributed by atoms with Crippen LogP contribution in [0.1, 0.15) is 31.9 Å². The van der Waals surface area contributed by atoms with E-state index in [1.54, 1.807) is 20.8 Å². The summed E-state index contributed by atoms with van der Waals surface area (Å²) in [6.45, 7) is 5.86.